The molecule has 2 aromatic carbocycles. The number of primary amides is 1. The number of aromatic nitrogens is 2. The van der Waals surface area contributed by atoms with Gasteiger partial charge in [-0.1, -0.05) is 68.8 Å². The van der Waals surface area contributed by atoms with E-state index in [4.69, 9.17) is 33.7 Å². The maximum atomic E-state index is 12.6. The summed E-state index contributed by atoms with van der Waals surface area (Å²) in [5.41, 5.74) is 7.14. The maximum Gasteiger partial charge on any atom is 0.272 e. The average Bonchev–Trinajstić information content (AvgIpc) is 3.35. The largest absolute Gasteiger partial charge is 0.487 e. The number of rotatable bonds is 12. The van der Waals surface area contributed by atoms with Gasteiger partial charge in [0, 0.05) is 45.3 Å². The van der Waals surface area contributed by atoms with Crippen LogP contribution >= 0.6 is 23.2 Å². The predicted octanol–water partition coefficient (Wildman–Crippen LogP) is 9.67. The first-order valence-corrected chi connectivity index (χ1v) is 16.6. The Labute approximate surface area is 292 Å². The summed E-state index contributed by atoms with van der Waals surface area (Å²) in [7, 11) is 1.67. The molecule has 16 heteroatoms. The number of imidazole rings is 1. The van der Waals surface area contributed by atoms with Gasteiger partial charge in [0.2, 0.25) is 24.2 Å². The number of nitrogens with one attached hydrogen (secondary N) is 2. The van der Waals surface area contributed by atoms with Gasteiger partial charge in [-0.25, -0.2) is 31.3 Å². The minimum Gasteiger partial charge on any atom is -0.487 e. The lowest BCUT2D eigenvalue weighted by Gasteiger charge is -2.19. The number of benzene rings is 2. The molecule has 1 aliphatic carbocycles. The van der Waals surface area contributed by atoms with Crippen LogP contribution in [-0.4, -0.2) is 46.7 Å². The summed E-state index contributed by atoms with van der Waals surface area (Å²) in [5.74, 6) is -3.51. The van der Waals surface area contributed by atoms with Crippen LogP contribution < -0.4 is 21.1 Å². The molecule has 49 heavy (non-hydrogen) atoms. The second-order valence-electron chi connectivity index (χ2n) is 11.5. The van der Waals surface area contributed by atoms with E-state index in [1.165, 1.54) is 26.0 Å². The molecular formula is C33H43Cl2F6N5O3. The van der Waals surface area contributed by atoms with Gasteiger partial charge < -0.3 is 25.7 Å². The molecule has 1 fully saturated rings. The van der Waals surface area contributed by atoms with Gasteiger partial charge >= 0.3 is 0 Å². The SMILES string of the molecule is CC(=O)NCc1ccc(Cl)c(Nc2nc3cc(C(N)=O)c(OCC(F)F)cc3n2C)c1Cl.CCCC(F)(F)CC.FC(F)C1CCCCC1. The molecular weight excluding hydrogens is 699 g/mol. The van der Waals surface area contributed by atoms with Crippen molar-refractivity contribution in [1.82, 2.24) is 14.9 Å². The van der Waals surface area contributed by atoms with E-state index < -0.39 is 31.3 Å². The van der Waals surface area contributed by atoms with Gasteiger partial charge in [-0.3, -0.25) is 9.59 Å². The molecule has 0 unspecified atom stereocenters. The van der Waals surface area contributed by atoms with Gasteiger partial charge in [0.25, 0.3) is 12.3 Å². The van der Waals surface area contributed by atoms with Crippen LogP contribution in [0.1, 0.15) is 88.1 Å². The van der Waals surface area contributed by atoms with Crippen molar-refractivity contribution in [2.45, 2.75) is 97.5 Å². The molecule has 1 aromatic heterocycles. The highest BCUT2D eigenvalue weighted by Gasteiger charge is 2.24. The third-order valence-corrected chi connectivity index (χ3v) is 8.43. The lowest BCUT2D eigenvalue weighted by molar-refractivity contribution is -0.119. The number of hydrogen-bond donors (Lipinski definition) is 3. The summed E-state index contributed by atoms with van der Waals surface area (Å²) >= 11 is 12.8. The van der Waals surface area contributed by atoms with Crippen LogP contribution in [0.25, 0.3) is 11.0 Å². The molecule has 0 saturated heterocycles. The third-order valence-electron chi connectivity index (χ3n) is 7.69. The molecule has 0 spiro atoms. The van der Waals surface area contributed by atoms with Crippen LogP contribution in [0.5, 0.6) is 5.75 Å². The summed E-state index contributed by atoms with van der Waals surface area (Å²) in [4.78, 5) is 27.4. The molecule has 2 amide bonds. The molecule has 274 valence electrons. The maximum absolute atomic E-state index is 12.6. The molecule has 1 heterocycles. The number of halogens is 8. The van der Waals surface area contributed by atoms with Crippen LogP contribution in [0, 0.1) is 5.92 Å². The molecule has 4 N–H and O–H groups in total. The molecule has 0 radical (unpaired) electrons. The summed E-state index contributed by atoms with van der Waals surface area (Å²) in [6.07, 6.45) is 0.461. The lowest BCUT2D eigenvalue weighted by Crippen LogP contribution is -2.19. The fraction of sp³-hybridized carbons (Fsp3) is 0.545. The van der Waals surface area contributed by atoms with E-state index in [2.05, 4.69) is 15.6 Å². The summed E-state index contributed by atoms with van der Waals surface area (Å²) < 4.78 is 80.0. The van der Waals surface area contributed by atoms with Crippen molar-refractivity contribution in [1.29, 1.82) is 0 Å². The number of aryl methyl sites for hydroxylation is 1. The Morgan fingerprint density at radius 1 is 1.10 bits per heavy atom. The molecule has 3 aromatic rings. The van der Waals surface area contributed by atoms with E-state index >= 15 is 0 Å². The minimum absolute atomic E-state index is 0.0269. The number of alkyl halides is 6. The van der Waals surface area contributed by atoms with Crippen molar-refractivity contribution < 1.29 is 40.7 Å². The Kier molecular flexibility index (Phi) is 16.8. The van der Waals surface area contributed by atoms with Crippen molar-refractivity contribution in [2.24, 2.45) is 18.7 Å². The Morgan fingerprint density at radius 3 is 2.24 bits per heavy atom. The van der Waals surface area contributed by atoms with E-state index in [1.807, 2.05) is 0 Å². The number of carbonyl (C=O) groups is 2. The molecule has 0 bridgehead atoms. The zero-order valence-corrected chi connectivity index (χ0v) is 29.3. The third kappa shape index (κ3) is 13.1. The van der Waals surface area contributed by atoms with Crippen molar-refractivity contribution in [2.75, 3.05) is 11.9 Å². The van der Waals surface area contributed by atoms with Crippen LogP contribution in [-0.2, 0) is 18.4 Å². The Morgan fingerprint density at radius 2 is 1.76 bits per heavy atom. The highest BCUT2D eigenvalue weighted by atomic mass is 35.5. The molecule has 0 aliphatic heterocycles. The van der Waals surface area contributed by atoms with E-state index in [1.54, 1.807) is 30.7 Å². The second-order valence-corrected chi connectivity index (χ2v) is 12.3. The molecule has 1 saturated carbocycles. The van der Waals surface area contributed by atoms with Crippen LogP contribution in [0.3, 0.4) is 0 Å². The normalized spacial score (nSPS) is 13.4. The topological polar surface area (TPSA) is 111 Å². The fourth-order valence-corrected chi connectivity index (χ4v) is 5.43. The number of hydrogen-bond acceptors (Lipinski definition) is 5. The number of amides is 2. The van der Waals surface area contributed by atoms with E-state index in [9.17, 15) is 35.9 Å². The van der Waals surface area contributed by atoms with Gasteiger partial charge in [0.1, 0.15) is 12.4 Å². The zero-order chi connectivity index (χ0) is 36.9. The molecule has 1 aliphatic rings. The highest BCUT2D eigenvalue weighted by Crippen LogP contribution is 2.37. The molecule has 4 rings (SSSR count). The number of fused-ring (bicyclic) bond motifs is 1. The van der Waals surface area contributed by atoms with Gasteiger partial charge in [0.05, 0.1) is 32.3 Å². The standard InChI is InChI=1S/C20H19Cl2F2N5O3.C7H12F2.C6H12F2/c1-9(30)26-7-10-3-4-12(21)18(17(10)22)28-20-27-13-5-11(19(25)31)15(32-8-16(23)24)6-14(13)29(20)2;8-7(9)6-4-2-1-3-5-6;1-3-5-6(7,8)4-2/h3-6,16H,7-8H2,1-2H3,(H2,25,31)(H,26,30)(H,27,28);6-7H,1-5H2;3-5H2,1-2H3. The quantitative estimate of drug-likeness (QED) is 0.160. The van der Waals surface area contributed by atoms with E-state index in [0.717, 1.165) is 32.1 Å². The van der Waals surface area contributed by atoms with Crippen molar-refractivity contribution >= 4 is 57.7 Å². The molecule has 8 nitrogen and oxygen atoms in total. The predicted molar refractivity (Wildman–Crippen MR) is 181 cm³/mol. The average molecular weight is 743 g/mol. The van der Waals surface area contributed by atoms with Gasteiger partial charge in [-0.05, 0) is 30.5 Å². The zero-order valence-electron chi connectivity index (χ0n) is 27.8. The van der Waals surface area contributed by atoms with E-state index in [-0.39, 0.29) is 47.5 Å². The Hall–Kier alpha value is -3.39. The number of ether oxygens (including phenoxy) is 1. The Balaban J connectivity index is 0.000000399. The molecule has 0 atom stereocenters. The van der Waals surface area contributed by atoms with Crippen LogP contribution in [0.4, 0.5) is 38.0 Å². The number of nitrogens with two attached hydrogens (primary N) is 1. The smallest absolute Gasteiger partial charge is 0.272 e. The van der Waals surface area contributed by atoms with Crippen molar-refractivity contribution in [3.63, 3.8) is 0 Å². The van der Waals surface area contributed by atoms with Gasteiger partial charge in [0.15, 0.2) is 0 Å². The second kappa shape index (κ2) is 19.7. The monoisotopic (exact) mass is 741 g/mol. The van der Waals surface area contributed by atoms with Gasteiger partial charge in [-0.2, -0.15) is 0 Å². The highest BCUT2D eigenvalue weighted by molar-refractivity contribution is 6.39. The van der Waals surface area contributed by atoms with Crippen LogP contribution in [0.2, 0.25) is 10.0 Å². The van der Waals surface area contributed by atoms with Gasteiger partial charge in [-0.15, -0.1) is 0 Å². The van der Waals surface area contributed by atoms with Crippen molar-refractivity contribution in [3.8, 4) is 5.75 Å². The minimum atomic E-state index is -2.72. The first-order valence-electron chi connectivity index (χ1n) is 15.9. The summed E-state index contributed by atoms with van der Waals surface area (Å²) in [6.45, 7) is 3.98. The number of anilines is 2. The Bertz CT molecular complexity index is 1530. The van der Waals surface area contributed by atoms with Crippen LogP contribution in [0.15, 0.2) is 24.3 Å². The van der Waals surface area contributed by atoms with E-state index in [0.29, 0.717) is 39.7 Å². The summed E-state index contributed by atoms with van der Waals surface area (Å²) in [5, 5.41) is 6.31. The first kappa shape index (κ1) is 41.8. The number of carbonyl (C=O) groups excluding carboxylic acids is 2. The summed E-state index contributed by atoms with van der Waals surface area (Å²) in [6, 6.07) is 6.08. The first-order chi connectivity index (χ1) is 23.0. The fourth-order valence-electron chi connectivity index (χ4n) is 4.90. The number of nitrogens with zero attached hydrogens (tertiary/aromatic N) is 2. The van der Waals surface area contributed by atoms with Crippen molar-refractivity contribution in [3.05, 3.63) is 45.4 Å². The lowest BCUT2D eigenvalue weighted by atomic mass is 9.90.